The van der Waals surface area contributed by atoms with Crippen LogP contribution >= 0.6 is 0 Å². The van der Waals surface area contributed by atoms with Crippen LogP contribution in [0, 0.1) is 0 Å². The van der Waals surface area contributed by atoms with Crippen molar-refractivity contribution < 1.29 is 18.8 Å². The van der Waals surface area contributed by atoms with Gasteiger partial charge in [0.1, 0.15) is 5.78 Å². The summed E-state index contributed by atoms with van der Waals surface area (Å²) in [5, 5.41) is 3.92. The van der Waals surface area contributed by atoms with Gasteiger partial charge in [0, 0.05) is 20.0 Å². The second kappa shape index (κ2) is 8.11. The maximum absolute atomic E-state index is 12.0. The van der Waals surface area contributed by atoms with Crippen molar-refractivity contribution in [2.75, 3.05) is 26.9 Å². The van der Waals surface area contributed by atoms with E-state index in [0.29, 0.717) is 44.4 Å². The van der Waals surface area contributed by atoms with Crippen LogP contribution in [0.15, 0.2) is 4.52 Å². The number of carbonyl (C=O) groups excluding carboxylic acids is 1. The maximum Gasteiger partial charge on any atom is 0.237 e. The molecule has 1 heterocycles. The van der Waals surface area contributed by atoms with Crippen LogP contribution < -0.4 is 0 Å². The Labute approximate surface area is 118 Å². The normalized spacial score (nSPS) is 20.1. The van der Waals surface area contributed by atoms with Gasteiger partial charge >= 0.3 is 0 Å². The highest BCUT2D eigenvalue weighted by molar-refractivity contribution is 5.84. The second-order valence-electron chi connectivity index (χ2n) is 5.02. The molecule has 1 aliphatic carbocycles. The predicted octanol–water partition coefficient (Wildman–Crippen LogP) is 1.89. The number of hydrogen-bond acceptors (Lipinski definition) is 6. The molecule has 0 amide bonds. The Hall–Kier alpha value is -1.27. The van der Waals surface area contributed by atoms with E-state index in [-0.39, 0.29) is 11.7 Å². The van der Waals surface area contributed by atoms with E-state index in [1.165, 1.54) is 0 Å². The van der Waals surface area contributed by atoms with Crippen LogP contribution in [0.25, 0.3) is 0 Å². The first kappa shape index (κ1) is 15.1. The number of Topliss-reactive ketones (excluding diaryl/α,β-unsaturated/α-hetero) is 1. The molecule has 1 atom stereocenters. The molecule has 1 fully saturated rings. The molecule has 0 aliphatic heterocycles. The van der Waals surface area contributed by atoms with Gasteiger partial charge in [-0.2, -0.15) is 4.98 Å². The fourth-order valence-electron chi connectivity index (χ4n) is 2.34. The first-order valence-corrected chi connectivity index (χ1v) is 7.23. The van der Waals surface area contributed by atoms with Crippen molar-refractivity contribution in [1.29, 1.82) is 0 Å². The molecular formula is C14H22N2O4. The van der Waals surface area contributed by atoms with E-state index in [1.807, 2.05) is 0 Å². The Kier molecular flexibility index (Phi) is 6.14. The summed E-state index contributed by atoms with van der Waals surface area (Å²) in [7, 11) is 1.64. The van der Waals surface area contributed by atoms with Gasteiger partial charge in [-0.05, 0) is 12.8 Å². The molecule has 0 radical (unpaired) electrons. The first-order valence-electron chi connectivity index (χ1n) is 7.23. The van der Waals surface area contributed by atoms with Crippen LogP contribution in [0.2, 0.25) is 0 Å². The van der Waals surface area contributed by atoms with Crippen LogP contribution in [-0.2, 0) is 20.7 Å². The highest BCUT2D eigenvalue weighted by atomic mass is 16.5. The van der Waals surface area contributed by atoms with Crippen LogP contribution in [0.5, 0.6) is 0 Å². The SMILES string of the molecule is COCCOCCc1noc(C2CCCCCC2=O)n1. The number of nitrogens with zero attached hydrogens (tertiary/aromatic N) is 2. The summed E-state index contributed by atoms with van der Waals surface area (Å²) in [6.07, 6.45) is 5.18. The Morgan fingerprint density at radius 3 is 3.00 bits per heavy atom. The molecule has 20 heavy (non-hydrogen) atoms. The average Bonchev–Trinajstić information content (AvgIpc) is 2.80. The van der Waals surface area contributed by atoms with Gasteiger partial charge in [0.05, 0.1) is 25.7 Å². The van der Waals surface area contributed by atoms with Crippen molar-refractivity contribution in [2.45, 2.75) is 44.4 Å². The van der Waals surface area contributed by atoms with Crippen molar-refractivity contribution in [2.24, 2.45) is 0 Å². The minimum atomic E-state index is -0.201. The number of hydrogen-bond donors (Lipinski definition) is 0. The summed E-state index contributed by atoms with van der Waals surface area (Å²) in [4.78, 5) is 16.3. The summed E-state index contributed by atoms with van der Waals surface area (Å²) in [6, 6.07) is 0. The van der Waals surface area contributed by atoms with Gasteiger partial charge in [0.25, 0.3) is 0 Å². The monoisotopic (exact) mass is 282 g/mol. The van der Waals surface area contributed by atoms with Gasteiger partial charge in [0.15, 0.2) is 5.82 Å². The highest BCUT2D eigenvalue weighted by Crippen LogP contribution is 2.27. The summed E-state index contributed by atoms with van der Waals surface area (Å²) in [5.74, 6) is 1.11. The lowest BCUT2D eigenvalue weighted by atomic mass is 9.99. The third-order valence-corrected chi connectivity index (χ3v) is 3.49. The van der Waals surface area contributed by atoms with E-state index in [9.17, 15) is 4.79 Å². The van der Waals surface area contributed by atoms with E-state index in [1.54, 1.807) is 7.11 Å². The number of ketones is 1. The van der Waals surface area contributed by atoms with Crippen LogP contribution in [-0.4, -0.2) is 42.9 Å². The molecule has 0 spiro atoms. The molecule has 0 saturated heterocycles. The van der Waals surface area contributed by atoms with Crippen molar-refractivity contribution in [3.63, 3.8) is 0 Å². The van der Waals surface area contributed by atoms with Gasteiger partial charge in [-0.1, -0.05) is 18.0 Å². The third kappa shape index (κ3) is 4.38. The molecule has 112 valence electrons. The van der Waals surface area contributed by atoms with Crippen LogP contribution in [0.1, 0.15) is 49.7 Å². The van der Waals surface area contributed by atoms with Gasteiger partial charge in [-0.25, -0.2) is 0 Å². The third-order valence-electron chi connectivity index (χ3n) is 3.49. The molecule has 1 unspecified atom stereocenters. The molecule has 0 N–H and O–H groups in total. The quantitative estimate of drug-likeness (QED) is 0.561. The van der Waals surface area contributed by atoms with E-state index in [0.717, 1.165) is 25.7 Å². The number of methoxy groups -OCH3 is 1. The maximum atomic E-state index is 12.0. The van der Waals surface area contributed by atoms with E-state index in [2.05, 4.69) is 10.1 Å². The smallest absolute Gasteiger partial charge is 0.237 e. The first-order chi connectivity index (χ1) is 9.81. The highest BCUT2D eigenvalue weighted by Gasteiger charge is 2.27. The molecule has 0 bridgehead atoms. The molecule has 1 aliphatic rings. The minimum Gasteiger partial charge on any atom is -0.382 e. The summed E-state index contributed by atoms with van der Waals surface area (Å²) in [6.45, 7) is 1.66. The van der Waals surface area contributed by atoms with Crippen molar-refractivity contribution in [3.05, 3.63) is 11.7 Å². The zero-order valence-corrected chi connectivity index (χ0v) is 12.0. The average molecular weight is 282 g/mol. The lowest BCUT2D eigenvalue weighted by molar-refractivity contribution is -0.120. The number of aromatic nitrogens is 2. The topological polar surface area (TPSA) is 74.5 Å². The number of rotatable bonds is 7. The van der Waals surface area contributed by atoms with E-state index in [4.69, 9.17) is 14.0 Å². The number of ether oxygens (including phenoxy) is 2. The Balaban J connectivity index is 1.83. The van der Waals surface area contributed by atoms with Gasteiger partial charge < -0.3 is 14.0 Å². The largest absolute Gasteiger partial charge is 0.382 e. The van der Waals surface area contributed by atoms with Crippen LogP contribution in [0.3, 0.4) is 0 Å². The Bertz CT molecular complexity index is 419. The van der Waals surface area contributed by atoms with Gasteiger partial charge in [0.2, 0.25) is 5.89 Å². The number of carbonyl (C=O) groups is 1. The summed E-state index contributed by atoms with van der Waals surface area (Å²) in [5.41, 5.74) is 0. The van der Waals surface area contributed by atoms with Crippen molar-refractivity contribution in [3.8, 4) is 0 Å². The Morgan fingerprint density at radius 1 is 1.25 bits per heavy atom. The van der Waals surface area contributed by atoms with Crippen molar-refractivity contribution >= 4 is 5.78 Å². The fraction of sp³-hybridized carbons (Fsp3) is 0.786. The summed E-state index contributed by atoms with van der Waals surface area (Å²) < 4.78 is 15.5. The molecular weight excluding hydrogens is 260 g/mol. The zero-order valence-electron chi connectivity index (χ0n) is 12.0. The Morgan fingerprint density at radius 2 is 2.15 bits per heavy atom. The lowest BCUT2D eigenvalue weighted by Crippen LogP contribution is -2.11. The zero-order chi connectivity index (χ0) is 14.2. The minimum absolute atomic E-state index is 0.201. The van der Waals surface area contributed by atoms with Gasteiger partial charge in [-0.3, -0.25) is 4.79 Å². The van der Waals surface area contributed by atoms with Crippen molar-refractivity contribution in [1.82, 2.24) is 10.1 Å². The van der Waals surface area contributed by atoms with Gasteiger partial charge in [-0.15, -0.1) is 0 Å². The fourth-order valence-corrected chi connectivity index (χ4v) is 2.34. The molecule has 0 aromatic carbocycles. The molecule has 1 saturated carbocycles. The predicted molar refractivity (Wildman–Crippen MR) is 71.5 cm³/mol. The van der Waals surface area contributed by atoms with E-state index >= 15 is 0 Å². The molecule has 1 aromatic heterocycles. The molecule has 6 nitrogen and oxygen atoms in total. The second-order valence-corrected chi connectivity index (χ2v) is 5.02. The molecule has 6 heteroatoms. The van der Waals surface area contributed by atoms with E-state index < -0.39 is 0 Å². The molecule has 1 aromatic rings. The van der Waals surface area contributed by atoms with Crippen LogP contribution in [0.4, 0.5) is 0 Å². The lowest BCUT2D eigenvalue weighted by Gasteiger charge is -2.06. The summed E-state index contributed by atoms with van der Waals surface area (Å²) >= 11 is 0. The molecule has 2 rings (SSSR count). The standard InChI is InChI=1S/C14H22N2O4/c1-18-9-10-19-8-7-13-15-14(20-16-13)11-5-3-2-4-6-12(11)17/h11H,2-10H2,1H3.